The predicted octanol–water partition coefficient (Wildman–Crippen LogP) is 3.16. The second kappa shape index (κ2) is 8.20. The van der Waals surface area contributed by atoms with Crippen molar-refractivity contribution in [3.63, 3.8) is 0 Å². The lowest BCUT2D eigenvalue weighted by atomic mass is 10.2. The summed E-state index contributed by atoms with van der Waals surface area (Å²) in [7, 11) is 0. The van der Waals surface area contributed by atoms with Crippen LogP contribution in [-0.2, 0) is 11.3 Å². The molecule has 0 saturated carbocycles. The molecule has 0 saturated heterocycles. The molecule has 2 aromatic rings. The fourth-order valence-corrected chi connectivity index (χ4v) is 2.03. The molecule has 1 unspecified atom stereocenters. The summed E-state index contributed by atoms with van der Waals surface area (Å²) in [4.78, 5) is 0. The highest BCUT2D eigenvalue weighted by Gasteiger charge is 2.10. The van der Waals surface area contributed by atoms with Gasteiger partial charge in [-0.15, -0.1) is 0 Å². The van der Waals surface area contributed by atoms with Gasteiger partial charge in [-0.25, -0.2) is 0 Å². The molecule has 0 aliphatic rings. The van der Waals surface area contributed by atoms with Crippen molar-refractivity contribution in [2.75, 3.05) is 13.2 Å². The van der Waals surface area contributed by atoms with Gasteiger partial charge in [-0.3, -0.25) is 0 Å². The Balaban J connectivity index is 1.63. The van der Waals surface area contributed by atoms with E-state index in [9.17, 15) is 5.11 Å². The highest BCUT2D eigenvalue weighted by atomic mass is 35.5. The smallest absolute Gasteiger partial charge is 0.120 e. The molecule has 1 aromatic heterocycles. The van der Waals surface area contributed by atoms with Gasteiger partial charge in [0.1, 0.15) is 5.76 Å². The minimum atomic E-state index is -0.560. The molecule has 0 bridgehead atoms. The summed E-state index contributed by atoms with van der Waals surface area (Å²) < 4.78 is 10.8. The summed E-state index contributed by atoms with van der Waals surface area (Å²) in [5, 5.41) is 13.8. The maximum absolute atomic E-state index is 9.88. The van der Waals surface area contributed by atoms with Crippen molar-refractivity contribution in [3.8, 4) is 0 Å². The van der Waals surface area contributed by atoms with E-state index in [0.29, 0.717) is 18.2 Å². The summed E-state index contributed by atoms with van der Waals surface area (Å²) in [6.45, 7) is 3.17. The van der Waals surface area contributed by atoms with E-state index in [-0.39, 0.29) is 12.6 Å². The van der Waals surface area contributed by atoms with Gasteiger partial charge in [0.2, 0.25) is 0 Å². The number of ether oxygens (including phenoxy) is 1. The largest absolute Gasteiger partial charge is 0.468 e. The molecule has 114 valence electrons. The number of benzene rings is 1. The molecule has 4 nitrogen and oxygen atoms in total. The Morgan fingerprint density at radius 3 is 2.71 bits per heavy atom. The third-order valence-electron chi connectivity index (χ3n) is 3.12. The minimum Gasteiger partial charge on any atom is -0.468 e. The number of furan rings is 1. The average Bonchev–Trinajstić information content (AvgIpc) is 3.01. The number of nitrogens with one attached hydrogen (secondary N) is 1. The molecule has 1 aromatic carbocycles. The molecule has 2 rings (SSSR count). The lowest BCUT2D eigenvalue weighted by Gasteiger charge is -2.15. The van der Waals surface area contributed by atoms with Gasteiger partial charge in [0.15, 0.2) is 0 Å². The molecule has 0 aliphatic carbocycles. The van der Waals surface area contributed by atoms with Crippen LogP contribution in [0.1, 0.15) is 24.3 Å². The molecule has 0 radical (unpaired) electrons. The van der Waals surface area contributed by atoms with Crippen LogP contribution in [0.25, 0.3) is 0 Å². The summed E-state index contributed by atoms with van der Waals surface area (Å²) in [6.07, 6.45) is 1.08. The number of aliphatic hydroxyl groups is 1. The van der Waals surface area contributed by atoms with E-state index in [1.165, 1.54) is 0 Å². The van der Waals surface area contributed by atoms with Gasteiger partial charge >= 0.3 is 0 Å². The van der Waals surface area contributed by atoms with E-state index in [1.54, 1.807) is 6.26 Å². The van der Waals surface area contributed by atoms with Gasteiger partial charge in [0.25, 0.3) is 0 Å². The van der Waals surface area contributed by atoms with E-state index in [0.717, 1.165) is 11.3 Å². The second-order valence-corrected chi connectivity index (χ2v) is 5.38. The van der Waals surface area contributed by atoms with Crippen molar-refractivity contribution in [1.82, 2.24) is 5.32 Å². The number of hydrogen-bond acceptors (Lipinski definition) is 4. The van der Waals surface area contributed by atoms with Crippen LogP contribution in [0.2, 0.25) is 5.02 Å². The van der Waals surface area contributed by atoms with Gasteiger partial charge in [-0.05, 0) is 36.8 Å². The average molecular weight is 310 g/mol. The van der Waals surface area contributed by atoms with Gasteiger partial charge < -0.3 is 19.6 Å². The van der Waals surface area contributed by atoms with Crippen molar-refractivity contribution in [2.45, 2.75) is 25.7 Å². The summed E-state index contributed by atoms with van der Waals surface area (Å²) in [5.41, 5.74) is 1.03. The highest BCUT2D eigenvalue weighted by Crippen LogP contribution is 2.12. The Morgan fingerprint density at radius 1 is 1.29 bits per heavy atom. The zero-order valence-corrected chi connectivity index (χ0v) is 12.7. The van der Waals surface area contributed by atoms with Crippen LogP contribution < -0.4 is 5.32 Å². The number of aliphatic hydroxyl groups excluding tert-OH is 1. The zero-order chi connectivity index (χ0) is 15.1. The molecular weight excluding hydrogens is 290 g/mol. The van der Waals surface area contributed by atoms with Gasteiger partial charge in [-0.2, -0.15) is 0 Å². The first-order valence-electron chi connectivity index (χ1n) is 6.92. The summed E-state index contributed by atoms with van der Waals surface area (Å²) in [6, 6.07) is 11.3. The van der Waals surface area contributed by atoms with E-state index >= 15 is 0 Å². The Morgan fingerprint density at radius 2 is 2.05 bits per heavy atom. The molecule has 2 N–H and O–H groups in total. The normalized spacial score (nSPS) is 14.0. The molecule has 0 amide bonds. The van der Waals surface area contributed by atoms with Gasteiger partial charge in [0.05, 0.1) is 31.6 Å². The zero-order valence-electron chi connectivity index (χ0n) is 12.0. The minimum absolute atomic E-state index is 0.0610. The molecular formula is C16H20ClNO3. The van der Waals surface area contributed by atoms with Crippen molar-refractivity contribution in [1.29, 1.82) is 0 Å². The first-order valence-corrected chi connectivity index (χ1v) is 7.30. The number of rotatable bonds is 8. The summed E-state index contributed by atoms with van der Waals surface area (Å²) in [5.74, 6) is 0.851. The first-order chi connectivity index (χ1) is 10.1. The molecule has 21 heavy (non-hydrogen) atoms. The molecule has 5 heteroatoms. The fraction of sp³-hybridized carbons (Fsp3) is 0.375. The monoisotopic (exact) mass is 309 g/mol. The van der Waals surface area contributed by atoms with Crippen LogP contribution in [-0.4, -0.2) is 24.4 Å². The number of hydrogen-bond donors (Lipinski definition) is 2. The van der Waals surface area contributed by atoms with E-state index in [2.05, 4.69) is 5.32 Å². The van der Waals surface area contributed by atoms with Crippen molar-refractivity contribution >= 4 is 11.6 Å². The third-order valence-corrected chi connectivity index (χ3v) is 3.37. The highest BCUT2D eigenvalue weighted by molar-refractivity contribution is 6.30. The van der Waals surface area contributed by atoms with Crippen LogP contribution >= 0.6 is 11.6 Å². The standard InChI is InChI=1S/C16H20ClNO3/c1-12(16-3-2-8-21-16)18-9-15(19)11-20-10-13-4-6-14(17)7-5-13/h2-8,12,15,18-19H,9-11H2,1H3/t12-,15?/m1/s1. The van der Waals surface area contributed by atoms with Crippen LogP contribution in [0.15, 0.2) is 47.1 Å². The molecule has 0 aliphatic heterocycles. The molecule has 0 spiro atoms. The van der Waals surface area contributed by atoms with Crippen molar-refractivity contribution < 1.29 is 14.3 Å². The lowest BCUT2D eigenvalue weighted by molar-refractivity contribution is 0.0275. The fourth-order valence-electron chi connectivity index (χ4n) is 1.90. The van der Waals surface area contributed by atoms with Crippen LogP contribution in [0.3, 0.4) is 0 Å². The Kier molecular flexibility index (Phi) is 6.26. The van der Waals surface area contributed by atoms with E-state index < -0.39 is 6.10 Å². The van der Waals surface area contributed by atoms with Crippen LogP contribution in [0.4, 0.5) is 0 Å². The van der Waals surface area contributed by atoms with Crippen molar-refractivity contribution in [2.24, 2.45) is 0 Å². The first kappa shape index (κ1) is 16.0. The Hall–Kier alpha value is -1.33. The van der Waals surface area contributed by atoms with E-state index in [4.69, 9.17) is 20.8 Å². The SMILES string of the molecule is C[C@@H](NCC(O)COCc1ccc(Cl)cc1)c1ccco1. The van der Waals surface area contributed by atoms with E-state index in [1.807, 2.05) is 43.3 Å². The Bertz CT molecular complexity index is 513. The summed E-state index contributed by atoms with van der Waals surface area (Å²) >= 11 is 5.81. The predicted molar refractivity (Wildman–Crippen MR) is 82.2 cm³/mol. The lowest BCUT2D eigenvalue weighted by Crippen LogP contribution is -2.32. The topological polar surface area (TPSA) is 54.6 Å². The quantitative estimate of drug-likeness (QED) is 0.786. The van der Waals surface area contributed by atoms with Crippen LogP contribution in [0.5, 0.6) is 0 Å². The van der Waals surface area contributed by atoms with Gasteiger partial charge in [-0.1, -0.05) is 23.7 Å². The molecule has 0 fully saturated rings. The maximum Gasteiger partial charge on any atom is 0.120 e. The Labute approximate surface area is 129 Å². The van der Waals surface area contributed by atoms with Crippen LogP contribution in [0, 0.1) is 0 Å². The van der Waals surface area contributed by atoms with Gasteiger partial charge in [0, 0.05) is 11.6 Å². The molecule has 1 heterocycles. The maximum atomic E-state index is 9.88. The number of halogens is 1. The second-order valence-electron chi connectivity index (χ2n) is 4.94. The third kappa shape index (κ3) is 5.52. The van der Waals surface area contributed by atoms with Crippen molar-refractivity contribution in [3.05, 3.63) is 59.0 Å². The molecule has 2 atom stereocenters.